The number of aromatic nitrogens is 3. The summed E-state index contributed by atoms with van der Waals surface area (Å²) in [6.45, 7) is 1.99. The molecule has 6 nitrogen and oxygen atoms in total. The highest BCUT2D eigenvalue weighted by atomic mass is 16.3. The number of rotatable bonds is 2. The number of nitrogens with zero attached hydrogens (tertiary/aromatic N) is 3. The average molecular weight is 309 g/mol. The zero-order valence-corrected chi connectivity index (χ0v) is 12.7. The maximum absolute atomic E-state index is 10.2. The van der Waals surface area contributed by atoms with Gasteiger partial charge in [-0.15, -0.1) is 0 Å². The number of phenolic OH excluding ortho intramolecular Hbond substituents is 1. The molecule has 1 aromatic carbocycles. The zero-order valence-electron chi connectivity index (χ0n) is 12.7. The number of piperidine rings is 1. The van der Waals surface area contributed by atoms with Crippen molar-refractivity contribution in [3.63, 3.8) is 0 Å². The van der Waals surface area contributed by atoms with Gasteiger partial charge >= 0.3 is 0 Å². The molecule has 0 unspecified atom stereocenters. The molecule has 2 aromatic heterocycles. The number of phenols is 1. The van der Waals surface area contributed by atoms with E-state index in [9.17, 15) is 5.11 Å². The number of anilines is 1. The molecule has 118 valence electrons. The molecule has 0 atom stereocenters. The molecule has 23 heavy (non-hydrogen) atoms. The SMILES string of the molecule is Nc1ncnc2c1c(-c1ccccc1O)cn2C1CCNCC1. The van der Waals surface area contributed by atoms with Crippen LogP contribution in [0.4, 0.5) is 5.82 Å². The van der Waals surface area contributed by atoms with Crippen molar-refractivity contribution in [2.75, 3.05) is 18.8 Å². The Bertz CT molecular complexity index is 851. The van der Waals surface area contributed by atoms with Crippen molar-refractivity contribution in [1.29, 1.82) is 0 Å². The van der Waals surface area contributed by atoms with Crippen molar-refractivity contribution in [2.45, 2.75) is 18.9 Å². The molecule has 0 spiro atoms. The minimum Gasteiger partial charge on any atom is -0.507 e. The van der Waals surface area contributed by atoms with Gasteiger partial charge in [-0.05, 0) is 32.0 Å². The maximum atomic E-state index is 10.2. The number of nitrogens with one attached hydrogen (secondary N) is 1. The van der Waals surface area contributed by atoms with Gasteiger partial charge < -0.3 is 20.7 Å². The van der Waals surface area contributed by atoms with Crippen LogP contribution < -0.4 is 11.1 Å². The van der Waals surface area contributed by atoms with Crippen LogP contribution in [0, 0.1) is 0 Å². The van der Waals surface area contributed by atoms with Gasteiger partial charge in [0.1, 0.15) is 23.5 Å². The summed E-state index contributed by atoms with van der Waals surface area (Å²) in [6.07, 6.45) is 5.66. The standard InChI is InChI=1S/C17H19N5O/c18-16-15-13(12-3-1-2-4-14(12)23)9-22(17(15)21-10-20-16)11-5-7-19-8-6-11/h1-4,9-11,19,23H,5-8H2,(H2,18,20,21). The van der Waals surface area contributed by atoms with Crippen molar-refractivity contribution in [2.24, 2.45) is 0 Å². The molecule has 6 heteroatoms. The van der Waals surface area contributed by atoms with E-state index in [4.69, 9.17) is 5.73 Å². The van der Waals surface area contributed by atoms with Gasteiger partial charge in [0, 0.05) is 23.4 Å². The van der Waals surface area contributed by atoms with E-state index in [-0.39, 0.29) is 5.75 Å². The molecule has 0 amide bonds. The van der Waals surface area contributed by atoms with Gasteiger partial charge in [-0.1, -0.05) is 18.2 Å². The molecular formula is C17H19N5O. The zero-order chi connectivity index (χ0) is 15.8. The first-order valence-electron chi connectivity index (χ1n) is 7.86. The van der Waals surface area contributed by atoms with Crippen molar-refractivity contribution < 1.29 is 5.11 Å². The van der Waals surface area contributed by atoms with Crippen LogP contribution in [0.15, 0.2) is 36.8 Å². The van der Waals surface area contributed by atoms with E-state index in [0.717, 1.165) is 48.1 Å². The Labute approximate surface area is 134 Å². The van der Waals surface area contributed by atoms with Crippen molar-refractivity contribution >= 4 is 16.9 Å². The lowest BCUT2D eigenvalue weighted by molar-refractivity contribution is 0.375. The fraction of sp³-hybridized carbons (Fsp3) is 0.294. The Morgan fingerprint density at radius 1 is 1.13 bits per heavy atom. The van der Waals surface area contributed by atoms with Gasteiger partial charge in [-0.25, -0.2) is 9.97 Å². The molecule has 1 aliphatic rings. The molecule has 0 aliphatic carbocycles. The Morgan fingerprint density at radius 2 is 1.91 bits per heavy atom. The number of para-hydroxylation sites is 1. The quantitative estimate of drug-likeness (QED) is 0.676. The summed E-state index contributed by atoms with van der Waals surface area (Å²) >= 11 is 0. The van der Waals surface area contributed by atoms with Crippen LogP contribution >= 0.6 is 0 Å². The molecule has 1 aliphatic heterocycles. The highest BCUT2D eigenvalue weighted by molar-refractivity contribution is 6.01. The van der Waals surface area contributed by atoms with Crippen LogP contribution in [0.5, 0.6) is 5.75 Å². The average Bonchev–Trinajstić information content (AvgIpc) is 2.97. The maximum Gasteiger partial charge on any atom is 0.146 e. The van der Waals surface area contributed by atoms with Crippen molar-refractivity contribution in [3.8, 4) is 16.9 Å². The summed E-state index contributed by atoms with van der Waals surface area (Å²) < 4.78 is 2.19. The second-order valence-corrected chi connectivity index (χ2v) is 5.91. The van der Waals surface area contributed by atoms with E-state index in [1.54, 1.807) is 6.07 Å². The molecule has 3 heterocycles. The van der Waals surface area contributed by atoms with Crippen molar-refractivity contribution in [1.82, 2.24) is 19.9 Å². The summed E-state index contributed by atoms with van der Waals surface area (Å²) in [5.41, 5.74) is 8.60. The molecular weight excluding hydrogens is 290 g/mol. The Hall–Kier alpha value is -2.60. The third-order valence-electron chi connectivity index (χ3n) is 4.53. The predicted octanol–water partition coefficient (Wildman–Crippen LogP) is 2.31. The molecule has 3 aromatic rings. The normalized spacial score (nSPS) is 16.0. The topological polar surface area (TPSA) is 89.0 Å². The summed E-state index contributed by atoms with van der Waals surface area (Å²) in [5, 5.41) is 14.4. The molecule has 0 saturated carbocycles. The molecule has 0 radical (unpaired) electrons. The van der Waals surface area contributed by atoms with E-state index in [1.807, 2.05) is 18.2 Å². The van der Waals surface area contributed by atoms with E-state index in [1.165, 1.54) is 6.33 Å². The van der Waals surface area contributed by atoms with E-state index >= 15 is 0 Å². The second kappa shape index (κ2) is 5.55. The van der Waals surface area contributed by atoms with Gasteiger partial charge in [-0.2, -0.15) is 0 Å². The molecule has 0 bridgehead atoms. The molecule has 1 fully saturated rings. The summed E-state index contributed by atoms with van der Waals surface area (Å²) in [4.78, 5) is 8.60. The third kappa shape index (κ3) is 2.31. The number of benzene rings is 1. The first-order chi connectivity index (χ1) is 11.3. The van der Waals surface area contributed by atoms with Gasteiger partial charge in [-0.3, -0.25) is 0 Å². The largest absolute Gasteiger partial charge is 0.507 e. The first kappa shape index (κ1) is 14.0. The van der Waals surface area contributed by atoms with Crippen LogP contribution in [0.3, 0.4) is 0 Å². The van der Waals surface area contributed by atoms with Crippen LogP contribution in [-0.4, -0.2) is 32.7 Å². The summed E-state index contributed by atoms with van der Waals surface area (Å²) in [6, 6.07) is 7.67. The molecule has 4 rings (SSSR count). The Kier molecular flexibility index (Phi) is 3.38. The number of nitrogen functional groups attached to an aromatic ring is 1. The minimum absolute atomic E-state index is 0.236. The smallest absolute Gasteiger partial charge is 0.146 e. The van der Waals surface area contributed by atoms with Crippen LogP contribution in [0.1, 0.15) is 18.9 Å². The van der Waals surface area contributed by atoms with Crippen LogP contribution in [0.25, 0.3) is 22.2 Å². The van der Waals surface area contributed by atoms with Gasteiger partial charge in [0.25, 0.3) is 0 Å². The Morgan fingerprint density at radius 3 is 2.70 bits per heavy atom. The third-order valence-corrected chi connectivity index (χ3v) is 4.53. The first-order valence-corrected chi connectivity index (χ1v) is 7.86. The lowest BCUT2D eigenvalue weighted by Gasteiger charge is -2.24. The lowest BCUT2D eigenvalue weighted by Crippen LogP contribution is -2.29. The summed E-state index contributed by atoms with van der Waals surface area (Å²) in [5.74, 6) is 0.682. The lowest BCUT2D eigenvalue weighted by atomic mass is 10.1. The van der Waals surface area contributed by atoms with E-state index in [0.29, 0.717) is 11.9 Å². The molecule has 4 N–H and O–H groups in total. The number of hydrogen-bond donors (Lipinski definition) is 3. The second-order valence-electron chi connectivity index (χ2n) is 5.91. The number of aromatic hydroxyl groups is 1. The highest BCUT2D eigenvalue weighted by Crippen LogP contribution is 2.39. The monoisotopic (exact) mass is 309 g/mol. The number of nitrogens with two attached hydrogens (primary N) is 1. The summed E-state index contributed by atoms with van der Waals surface area (Å²) in [7, 11) is 0. The van der Waals surface area contributed by atoms with Crippen LogP contribution in [0.2, 0.25) is 0 Å². The van der Waals surface area contributed by atoms with Crippen LogP contribution in [-0.2, 0) is 0 Å². The van der Waals surface area contributed by atoms with Gasteiger partial charge in [0.2, 0.25) is 0 Å². The number of fused-ring (bicyclic) bond motifs is 1. The van der Waals surface area contributed by atoms with Gasteiger partial charge in [0.05, 0.1) is 5.39 Å². The Balaban J connectivity index is 1.96. The highest BCUT2D eigenvalue weighted by Gasteiger charge is 2.22. The number of hydrogen-bond acceptors (Lipinski definition) is 5. The fourth-order valence-corrected chi connectivity index (χ4v) is 3.38. The van der Waals surface area contributed by atoms with Gasteiger partial charge in [0.15, 0.2) is 0 Å². The molecule has 1 saturated heterocycles. The van der Waals surface area contributed by atoms with Crippen molar-refractivity contribution in [3.05, 3.63) is 36.8 Å². The van der Waals surface area contributed by atoms with E-state index in [2.05, 4.69) is 26.0 Å². The van der Waals surface area contributed by atoms with E-state index < -0.39 is 0 Å². The fourth-order valence-electron chi connectivity index (χ4n) is 3.38. The predicted molar refractivity (Wildman–Crippen MR) is 90.2 cm³/mol. The minimum atomic E-state index is 0.236.